The van der Waals surface area contributed by atoms with E-state index in [1.807, 2.05) is 18.2 Å². The second kappa shape index (κ2) is 4.73. The lowest BCUT2D eigenvalue weighted by molar-refractivity contribution is -0.138. The zero-order chi connectivity index (χ0) is 14.1. The van der Waals surface area contributed by atoms with Crippen molar-refractivity contribution >= 4 is 17.0 Å². The number of aromatic amines is 1. The first-order chi connectivity index (χ1) is 9.65. The molecule has 1 atom stereocenters. The third-order valence-corrected chi connectivity index (χ3v) is 3.15. The van der Waals surface area contributed by atoms with E-state index in [0.717, 1.165) is 16.6 Å². The number of nitrogens with zero attached hydrogens (tertiary/aromatic N) is 3. The molecule has 3 rings (SSSR count). The molecule has 1 aromatic carbocycles. The number of benzene rings is 1. The van der Waals surface area contributed by atoms with Gasteiger partial charge in [0.25, 0.3) is 0 Å². The Bertz CT molecular complexity index is 781. The summed E-state index contributed by atoms with van der Waals surface area (Å²) in [6.07, 6.45) is 3.21. The number of hydrogen-bond acceptors (Lipinski definition) is 4. The maximum Gasteiger partial charge on any atom is 0.313 e. The van der Waals surface area contributed by atoms with Crippen LogP contribution in [-0.2, 0) is 4.79 Å². The number of nitrogens with one attached hydrogen (secondary N) is 1. The minimum Gasteiger partial charge on any atom is -0.481 e. The number of carbonyl (C=O) groups is 1. The second-order valence-electron chi connectivity index (χ2n) is 4.49. The summed E-state index contributed by atoms with van der Waals surface area (Å²) in [5.74, 6) is -1.36. The van der Waals surface area contributed by atoms with Crippen molar-refractivity contribution in [2.75, 3.05) is 0 Å². The topological polar surface area (TPSA) is 91.8 Å². The molecular formula is C14H12N4O2. The summed E-state index contributed by atoms with van der Waals surface area (Å²) < 4.78 is 0. The molecule has 1 unspecified atom stereocenters. The van der Waals surface area contributed by atoms with Gasteiger partial charge >= 0.3 is 5.97 Å². The van der Waals surface area contributed by atoms with Gasteiger partial charge in [-0.25, -0.2) is 15.0 Å². The SMILES string of the molecule is CC(C(=O)O)c1nccc(-c2ccc3nc[nH]c3c2)n1. The van der Waals surface area contributed by atoms with E-state index >= 15 is 0 Å². The van der Waals surface area contributed by atoms with Gasteiger partial charge in [0.15, 0.2) is 0 Å². The van der Waals surface area contributed by atoms with Gasteiger partial charge in [-0.15, -0.1) is 0 Å². The van der Waals surface area contributed by atoms with Gasteiger partial charge < -0.3 is 10.1 Å². The van der Waals surface area contributed by atoms with Crippen molar-refractivity contribution in [1.82, 2.24) is 19.9 Å². The highest BCUT2D eigenvalue weighted by atomic mass is 16.4. The average Bonchev–Trinajstić information content (AvgIpc) is 2.93. The third-order valence-electron chi connectivity index (χ3n) is 3.15. The smallest absolute Gasteiger partial charge is 0.313 e. The highest BCUT2D eigenvalue weighted by molar-refractivity contribution is 5.80. The van der Waals surface area contributed by atoms with E-state index in [0.29, 0.717) is 11.5 Å². The normalized spacial score (nSPS) is 12.4. The summed E-state index contributed by atoms with van der Waals surface area (Å²) in [5.41, 5.74) is 3.37. The Labute approximate surface area is 114 Å². The molecule has 0 radical (unpaired) electrons. The predicted molar refractivity (Wildman–Crippen MR) is 73.2 cm³/mol. The first kappa shape index (κ1) is 12.3. The van der Waals surface area contributed by atoms with E-state index < -0.39 is 11.9 Å². The number of H-pyrrole nitrogens is 1. The molecule has 2 aromatic heterocycles. The first-order valence-corrected chi connectivity index (χ1v) is 6.14. The molecule has 0 saturated carbocycles. The van der Waals surface area contributed by atoms with Gasteiger partial charge in [0, 0.05) is 11.8 Å². The Morgan fingerprint density at radius 2 is 2.15 bits per heavy atom. The van der Waals surface area contributed by atoms with Gasteiger partial charge in [-0.05, 0) is 25.1 Å². The summed E-state index contributed by atoms with van der Waals surface area (Å²) in [6, 6.07) is 7.49. The van der Waals surface area contributed by atoms with E-state index in [9.17, 15) is 4.79 Å². The van der Waals surface area contributed by atoms with Gasteiger partial charge in [-0.1, -0.05) is 6.07 Å². The summed E-state index contributed by atoms with van der Waals surface area (Å²) >= 11 is 0. The lowest BCUT2D eigenvalue weighted by Gasteiger charge is -2.07. The highest BCUT2D eigenvalue weighted by Gasteiger charge is 2.17. The zero-order valence-corrected chi connectivity index (χ0v) is 10.7. The van der Waals surface area contributed by atoms with Crippen molar-refractivity contribution in [2.45, 2.75) is 12.8 Å². The Hall–Kier alpha value is -2.76. The van der Waals surface area contributed by atoms with Crippen LogP contribution in [0.2, 0.25) is 0 Å². The molecule has 100 valence electrons. The van der Waals surface area contributed by atoms with Gasteiger partial charge in [0.2, 0.25) is 0 Å². The van der Waals surface area contributed by atoms with Crippen LogP contribution in [-0.4, -0.2) is 31.0 Å². The van der Waals surface area contributed by atoms with Crippen LogP contribution in [0.5, 0.6) is 0 Å². The zero-order valence-electron chi connectivity index (χ0n) is 10.7. The van der Waals surface area contributed by atoms with Gasteiger partial charge in [-0.2, -0.15) is 0 Å². The molecule has 0 bridgehead atoms. The fraction of sp³-hybridized carbons (Fsp3) is 0.143. The molecule has 0 spiro atoms. The van der Waals surface area contributed by atoms with Crippen LogP contribution in [0.3, 0.4) is 0 Å². The molecule has 0 aliphatic heterocycles. The number of carboxylic acid groups (broad SMARTS) is 1. The van der Waals surface area contributed by atoms with Crippen LogP contribution >= 0.6 is 0 Å². The Kier molecular flexibility index (Phi) is 2.90. The molecule has 3 aromatic rings. The van der Waals surface area contributed by atoms with Crippen molar-refractivity contribution in [3.8, 4) is 11.3 Å². The quantitative estimate of drug-likeness (QED) is 0.759. The summed E-state index contributed by atoms with van der Waals surface area (Å²) in [6.45, 7) is 1.57. The third kappa shape index (κ3) is 2.11. The van der Waals surface area contributed by atoms with E-state index in [1.54, 1.807) is 25.5 Å². The Morgan fingerprint density at radius 3 is 2.95 bits per heavy atom. The van der Waals surface area contributed by atoms with Crippen LogP contribution in [0.1, 0.15) is 18.7 Å². The first-order valence-electron chi connectivity index (χ1n) is 6.14. The molecule has 0 aliphatic carbocycles. The van der Waals surface area contributed by atoms with Crippen molar-refractivity contribution in [3.05, 3.63) is 42.6 Å². The maximum atomic E-state index is 11.0. The lowest BCUT2D eigenvalue weighted by Crippen LogP contribution is -2.11. The number of carboxylic acids is 1. The molecule has 0 fully saturated rings. The van der Waals surface area contributed by atoms with Gasteiger partial charge in [0.1, 0.15) is 11.7 Å². The molecular weight excluding hydrogens is 256 g/mol. The molecule has 20 heavy (non-hydrogen) atoms. The molecule has 2 N–H and O–H groups in total. The molecule has 0 amide bonds. The standard InChI is InChI=1S/C14H12N4O2/c1-8(14(19)20)13-15-5-4-10(18-13)9-2-3-11-12(6-9)17-7-16-11/h2-8H,1H3,(H,16,17)(H,19,20). The average molecular weight is 268 g/mol. The van der Waals surface area contributed by atoms with Crippen LogP contribution in [0, 0.1) is 0 Å². The lowest BCUT2D eigenvalue weighted by atomic mass is 10.1. The van der Waals surface area contributed by atoms with E-state index in [4.69, 9.17) is 5.11 Å². The molecule has 6 nitrogen and oxygen atoms in total. The predicted octanol–water partition coefficient (Wildman–Crippen LogP) is 2.21. The largest absolute Gasteiger partial charge is 0.481 e. The summed E-state index contributed by atoms with van der Waals surface area (Å²) in [7, 11) is 0. The van der Waals surface area contributed by atoms with Crippen LogP contribution in [0.15, 0.2) is 36.8 Å². The monoisotopic (exact) mass is 268 g/mol. The fourth-order valence-corrected chi connectivity index (χ4v) is 1.95. The number of aromatic nitrogens is 4. The molecule has 6 heteroatoms. The minimum absolute atomic E-state index is 0.305. The van der Waals surface area contributed by atoms with Gasteiger partial charge in [-0.3, -0.25) is 4.79 Å². The Morgan fingerprint density at radius 1 is 1.30 bits per heavy atom. The van der Waals surface area contributed by atoms with Crippen LogP contribution < -0.4 is 0 Å². The molecule has 0 aliphatic rings. The highest BCUT2D eigenvalue weighted by Crippen LogP contribution is 2.22. The molecule has 0 saturated heterocycles. The van der Waals surface area contributed by atoms with E-state index in [-0.39, 0.29) is 0 Å². The number of hydrogen-bond donors (Lipinski definition) is 2. The fourth-order valence-electron chi connectivity index (χ4n) is 1.95. The van der Waals surface area contributed by atoms with Gasteiger partial charge in [0.05, 0.1) is 23.1 Å². The van der Waals surface area contributed by atoms with Crippen LogP contribution in [0.4, 0.5) is 0 Å². The number of rotatable bonds is 3. The number of imidazole rings is 1. The maximum absolute atomic E-state index is 11.0. The second-order valence-corrected chi connectivity index (χ2v) is 4.49. The number of aliphatic carboxylic acids is 1. The van der Waals surface area contributed by atoms with E-state index in [2.05, 4.69) is 19.9 Å². The van der Waals surface area contributed by atoms with Crippen molar-refractivity contribution < 1.29 is 9.90 Å². The van der Waals surface area contributed by atoms with Crippen molar-refractivity contribution in [1.29, 1.82) is 0 Å². The molecule has 2 heterocycles. The number of fused-ring (bicyclic) bond motifs is 1. The van der Waals surface area contributed by atoms with E-state index in [1.165, 1.54) is 0 Å². The van der Waals surface area contributed by atoms with Crippen molar-refractivity contribution in [3.63, 3.8) is 0 Å². The summed E-state index contributed by atoms with van der Waals surface area (Å²) in [5, 5.41) is 9.02. The Balaban J connectivity index is 2.05. The van der Waals surface area contributed by atoms with Crippen LogP contribution in [0.25, 0.3) is 22.3 Å². The summed E-state index contributed by atoms with van der Waals surface area (Å²) in [4.78, 5) is 26.5. The minimum atomic E-state index is -0.939. The van der Waals surface area contributed by atoms with Crippen molar-refractivity contribution in [2.24, 2.45) is 0 Å².